The molecule has 1 spiro atoms. The minimum absolute atomic E-state index is 0.0353. The zero-order chi connectivity index (χ0) is 25.3. The highest BCUT2D eigenvalue weighted by atomic mass is 16.6. The van der Waals surface area contributed by atoms with E-state index < -0.39 is 0 Å². The zero-order valence-corrected chi connectivity index (χ0v) is 22.0. The van der Waals surface area contributed by atoms with Crippen LogP contribution >= 0.6 is 0 Å². The molecule has 2 amide bonds. The smallest absolute Gasteiger partial charge is 0.410 e. The second-order valence-electron chi connectivity index (χ2n) is 11.3. The first kappa shape index (κ1) is 25.3. The summed E-state index contributed by atoms with van der Waals surface area (Å²) in [5.41, 5.74) is 2.60. The number of piperidine rings is 2. The number of benzene rings is 1. The highest BCUT2D eigenvalue weighted by Crippen LogP contribution is 2.44. The Morgan fingerprint density at radius 3 is 2.36 bits per heavy atom. The molecule has 0 aliphatic carbocycles. The number of hydrogen-bond acceptors (Lipinski definition) is 6. The van der Waals surface area contributed by atoms with Gasteiger partial charge in [-0.3, -0.25) is 0 Å². The Morgan fingerprint density at radius 2 is 1.69 bits per heavy atom. The van der Waals surface area contributed by atoms with Crippen LogP contribution in [-0.2, 0) is 26.2 Å². The minimum Gasteiger partial charge on any atom is -0.447 e. The van der Waals surface area contributed by atoms with Crippen molar-refractivity contribution >= 4 is 12.2 Å². The Hall–Kier alpha value is -2.32. The molecule has 3 saturated heterocycles. The maximum Gasteiger partial charge on any atom is 0.410 e. The normalized spacial score (nSPS) is 27.3. The fourth-order valence-corrected chi connectivity index (χ4v) is 7.07. The van der Waals surface area contributed by atoms with E-state index in [0.29, 0.717) is 37.8 Å². The van der Waals surface area contributed by atoms with E-state index in [0.717, 1.165) is 51.6 Å². The second-order valence-corrected chi connectivity index (χ2v) is 11.3. The number of fused-ring (bicyclic) bond motifs is 4. The van der Waals surface area contributed by atoms with Crippen LogP contribution in [0.4, 0.5) is 9.59 Å². The highest BCUT2D eigenvalue weighted by Gasteiger charge is 2.48. The van der Waals surface area contributed by atoms with E-state index in [1.54, 1.807) is 7.11 Å². The number of carbonyl (C=O) groups excluding carboxylic acids is 2. The summed E-state index contributed by atoms with van der Waals surface area (Å²) in [5.74, 6) is 0. The third-order valence-corrected chi connectivity index (χ3v) is 8.74. The van der Waals surface area contributed by atoms with E-state index in [2.05, 4.69) is 29.2 Å². The van der Waals surface area contributed by atoms with Gasteiger partial charge in [-0.25, -0.2) is 9.59 Å². The number of carbonyl (C=O) groups is 2. The van der Waals surface area contributed by atoms with Crippen LogP contribution < -0.4 is 0 Å². The summed E-state index contributed by atoms with van der Waals surface area (Å²) in [4.78, 5) is 32.1. The first-order chi connectivity index (χ1) is 17.4. The van der Waals surface area contributed by atoms with Crippen LogP contribution in [0.15, 0.2) is 24.3 Å². The van der Waals surface area contributed by atoms with Crippen molar-refractivity contribution in [2.24, 2.45) is 0 Å². The van der Waals surface area contributed by atoms with Crippen molar-refractivity contribution in [3.63, 3.8) is 0 Å². The monoisotopic (exact) mass is 499 g/mol. The average Bonchev–Trinajstić information content (AvgIpc) is 3.14. The van der Waals surface area contributed by atoms with Gasteiger partial charge in [-0.1, -0.05) is 24.3 Å². The molecular formula is C28H41N3O5. The Morgan fingerprint density at radius 1 is 1.00 bits per heavy atom. The van der Waals surface area contributed by atoms with E-state index in [9.17, 15) is 9.59 Å². The van der Waals surface area contributed by atoms with Crippen LogP contribution in [0.1, 0.15) is 63.5 Å². The van der Waals surface area contributed by atoms with Gasteiger partial charge in [0, 0.05) is 43.7 Å². The van der Waals surface area contributed by atoms with Gasteiger partial charge in [-0.15, -0.1) is 0 Å². The lowest BCUT2D eigenvalue weighted by atomic mass is 9.68. The first-order valence-corrected chi connectivity index (χ1v) is 13.6. The van der Waals surface area contributed by atoms with Gasteiger partial charge < -0.3 is 28.9 Å². The van der Waals surface area contributed by atoms with Crippen LogP contribution in [0, 0.1) is 0 Å². The van der Waals surface area contributed by atoms with Crippen molar-refractivity contribution in [3.05, 3.63) is 35.4 Å². The van der Waals surface area contributed by atoms with Crippen LogP contribution in [0.5, 0.6) is 0 Å². The van der Waals surface area contributed by atoms with Gasteiger partial charge in [0.2, 0.25) is 0 Å². The van der Waals surface area contributed by atoms with Crippen molar-refractivity contribution in [3.8, 4) is 0 Å². The molecule has 4 heterocycles. The number of nitrogens with zero attached hydrogens (tertiary/aromatic N) is 3. The summed E-state index contributed by atoms with van der Waals surface area (Å²) in [6.07, 6.45) is 5.82. The maximum atomic E-state index is 12.8. The van der Waals surface area contributed by atoms with E-state index in [-0.39, 0.29) is 30.3 Å². The molecule has 198 valence electrons. The number of rotatable bonds is 5. The predicted octanol–water partition coefficient (Wildman–Crippen LogP) is 4.16. The Labute approximate surface area is 214 Å². The topological polar surface area (TPSA) is 71.6 Å². The molecule has 3 fully saturated rings. The lowest BCUT2D eigenvalue weighted by Crippen LogP contribution is -2.57. The van der Waals surface area contributed by atoms with Gasteiger partial charge >= 0.3 is 12.2 Å². The largest absolute Gasteiger partial charge is 0.447 e. The van der Waals surface area contributed by atoms with E-state index in [1.165, 1.54) is 11.1 Å². The summed E-state index contributed by atoms with van der Waals surface area (Å²) >= 11 is 0. The molecule has 0 saturated carbocycles. The van der Waals surface area contributed by atoms with Crippen molar-refractivity contribution in [2.75, 3.05) is 40.0 Å². The molecule has 2 unspecified atom stereocenters. The molecule has 8 nitrogen and oxygen atoms in total. The zero-order valence-electron chi connectivity index (χ0n) is 22.0. The van der Waals surface area contributed by atoms with E-state index in [1.807, 2.05) is 23.6 Å². The molecule has 5 rings (SSSR count). The summed E-state index contributed by atoms with van der Waals surface area (Å²) in [5, 5.41) is 0. The molecule has 1 aromatic rings. The number of likely N-dealkylation sites (tertiary alicyclic amines) is 1. The number of hydrogen-bond donors (Lipinski definition) is 0. The van der Waals surface area contributed by atoms with E-state index >= 15 is 0 Å². The van der Waals surface area contributed by atoms with Gasteiger partial charge in [0.15, 0.2) is 0 Å². The number of methoxy groups -OCH3 is 1. The third kappa shape index (κ3) is 4.94. The Kier molecular flexibility index (Phi) is 7.45. The van der Waals surface area contributed by atoms with Crippen LogP contribution in [0.3, 0.4) is 0 Å². The van der Waals surface area contributed by atoms with Crippen molar-refractivity contribution in [1.82, 2.24) is 14.7 Å². The molecule has 4 aliphatic heterocycles. The number of ether oxygens (including phenoxy) is 3. The van der Waals surface area contributed by atoms with Crippen LogP contribution in [0.2, 0.25) is 0 Å². The quantitative estimate of drug-likeness (QED) is 0.567. The average molecular weight is 500 g/mol. The van der Waals surface area contributed by atoms with Gasteiger partial charge in [-0.2, -0.15) is 0 Å². The molecule has 4 aliphatic rings. The Balaban J connectivity index is 1.24. The number of amides is 2. The summed E-state index contributed by atoms with van der Waals surface area (Å²) in [6, 6.07) is 9.71. The van der Waals surface area contributed by atoms with Crippen molar-refractivity contribution < 1.29 is 23.8 Å². The second kappa shape index (κ2) is 10.6. The lowest BCUT2D eigenvalue weighted by Gasteiger charge is -2.51. The molecule has 0 radical (unpaired) electrons. The van der Waals surface area contributed by atoms with Crippen molar-refractivity contribution in [2.45, 2.75) is 88.6 Å². The summed E-state index contributed by atoms with van der Waals surface area (Å²) in [7, 11) is 1.61. The van der Waals surface area contributed by atoms with Gasteiger partial charge in [0.25, 0.3) is 0 Å². The van der Waals surface area contributed by atoms with Gasteiger partial charge in [-0.05, 0) is 76.6 Å². The molecule has 1 aromatic carbocycles. The Bertz CT molecular complexity index is 931. The van der Waals surface area contributed by atoms with Gasteiger partial charge in [0.05, 0.1) is 12.7 Å². The third-order valence-electron chi connectivity index (χ3n) is 8.74. The fourth-order valence-electron chi connectivity index (χ4n) is 7.07. The van der Waals surface area contributed by atoms with Crippen molar-refractivity contribution in [1.29, 1.82) is 0 Å². The van der Waals surface area contributed by atoms with Crippen LogP contribution in [0.25, 0.3) is 0 Å². The fraction of sp³-hybridized carbons (Fsp3) is 0.714. The standard InChI is InChI=1S/C28H41N3O5/c1-20(2)36-27(33)31-22-8-9-23(31)17-24(16-22)29-12-10-28(11-13-29)19-30(26(32)35-15-14-34-3)18-21-6-4-5-7-25(21)28/h4-7,20,22-24H,8-19H2,1-3H3. The molecule has 0 aromatic heterocycles. The molecule has 36 heavy (non-hydrogen) atoms. The summed E-state index contributed by atoms with van der Waals surface area (Å²) in [6.45, 7) is 7.85. The summed E-state index contributed by atoms with van der Waals surface area (Å²) < 4.78 is 16.1. The molecular weight excluding hydrogens is 458 g/mol. The lowest BCUT2D eigenvalue weighted by molar-refractivity contribution is 0.00985. The molecule has 0 N–H and O–H groups in total. The van der Waals surface area contributed by atoms with Gasteiger partial charge in [0.1, 0.15) is 6.61 Å². The van der Waals surface area contributed by atoms with Crippen LogP contribution in [-0.4, -0.2) is 91.1 Å². The SMILES string of the molecule is COCCOC(=O)N1Cc2ccccc2C2(CCN(C3CC4CCC(C3)N4C(=O)OC(C)C)CC2)C1. The predicted molar refractivity (Wildman–Crippen MR) is 136 cm³/mol. The minimum atomic E-state index is -0.249. The molecule has 2 bridgehead atoms. The maximum absolute atomic E-state index is 12.8. The first-order valence-electron chi connectivity index (χ1n) is 13.6. The van der Waals surface area contributed by atoms with E-state index in [4.69, 9.17) is 14.2 Å². The highest BCUT2D eigenvalue weighted by molar-refractivity contribution is 5.69. The molecule has 2 atom stereocenters. The molecule has 8 heteroatoms.